The first kappa shape index (κ1) is 40.8. The van der Waals surface area contributed by atoms with Crippen molar-refractivity contribution in [1.82, 2.24) is 19.9 Å². The first-order valence-electron chi connectivity index (χ1n) is 24.2. The highest BCUT2D eigenvalue weighted by atomic mass is 16.3. The maximum Gasteiger partial charge on any atom is 0.227 e. The average Bonchev–Trinajstić information content (AvgIpc) is 3.73. The quantitative estimate of drug-likeness (QED) is 0.116. The van der Waals surface area contributed by atoms with Crippen molar-refractivity contribution in [2.45, 2.75) is 84.0 Å². The lowest BCUT2D eigenvalue weighted by atomic mass is 9.37. The molecule has 5 heterocycles. The fourth-order valence-corrected chi connectivity index (χ4v) is 13.5. The van der Waals surface area contributed by atoms with Gasteiger partial charge < -0.3 is 4.42 Å². The third kappa shape index (κ3) is 7.82. The van der Waals surface area contributed by atoms with Gasteiger partial charge in [0.1, 0.15) is 5.58 Å². The normalized spacial score (nSPS) is 22.0. The molecule has 326 valence electrons. The van der Waals surface area contributed by atoms with Gasteiger partial charge in [0.05, 0.1) is 17.1 Å². The van der Waals surface area contributed by atoms with E-state index in [0.29, 0.717) is 22.0 Å². The molecular weight excluding hydrogens is 805 g/mol. The molecule has 4 bridgehead atoms. The van der Waals surface area contributed by atoms with Gasteiger partial charge in [0.15, 0.2) is 0 Å². The molecule has 5 aromatic heterocycles. The van der Waals surface area contributed by atoms with Crippen LogP contribution in [0.5, 0.6) is 0 Å². The van der Waals surface area contributed by atoms with Crippen molar-refractivity contribution < 1.29 is 4.42 Å². The Labute approximate surface area is 388 Å². The fourth-order valence-electron chi connectivity index (χ4n) is 13.5. The number of rotatable bonds is 13. The summed E-state index contributed by atoms with van der Waals surface area (Å²) in [5.41, 5.74) is 16.4. The van der Waals surface area contributed by atoms with Crippen LogP contribution in [-0.2, 0) is 19.3 Å². The molecule has 4 aliphatic rings. The summed E-state index contributed by atoms with van der Waals surface area (Å²) in [6.45, 7) is 2.01. The number of hydrogen-bond donors (Lipinski definition) is 0. The van der Waals surface area contributed by atoms with Crippen LogP contribution in [0.4, 0.5) is 0 Å². The molecule has 66 heavy (non-hydrogen) atoms. The van der Waals surface area contributed by atoms with Crippen LogP contribution in [0.25, 0.3) is 67.0 Å². The highest BCUT2D eigenvalue weighted by molar-refractivity contribution is 6.08. The Morgan fingerprint density at radius 1 is 0.485 bits per heavy atom. The first-order valence-corrected chi connectivity index (χ1v) is 24.2. The van der Waals surface area contributed by atoms with E-state index in [2.05, 4.69) is 170 Å². The fraction of sp³-hybridized carbons (Fsp3) is 0.279. The van der Waals surface area contributed by atoms with Crippen LogP contribution in [0.15, 0.2) is 175 Å². The predicted octanol–water partition coefficient (Wildman–Crippen LogP) is 15.3. The van der Waals surface area contributed by atoms with Crippen LogP contribution in [0.2, 0.25) is 0 Å². The molecule has 4 saturated carbocycles. The Balaban J connectivity index is 0.849. The molecule has 5 heteroatoms. The van der Waals surface area contributed by atoms with Crippen molar-refractivity contribution in [2.24, 2.45) is 22.2 Å². The number of furan rings is 1. The minimum atomic E-state index is 0.307. The Kier molecular flexibility index (Phi) is 10.3. The van der Waals surface area contributed by atoms with Crippen molar-refractivity contribution in [3.63, 3.8) is 0 Å². The van der Waals surface area contributed by atoms with Crippen molar-refractivity contribution in [2.75, 3.05) is 0 Å². The zero-order valence-electron chi connectivity index (χ0n) is 37.9. The number of benzene rings is 4. The van der Waals surface area contributed by atoms with E-state index < -0.39 is 0 Å². The number of fused-ring (bicyclic) bond motifs is 3. The average molecular weight is 861 g/mol. The number of aryl methyl sites for hydroxylation is 4. The zero-order valence-corrected chi connectivity index (χ0v) is 37.9. The Morgan fingerprint density at radius 3 is 1.59 bits per heavy atom. The molecule has 0 aliphatic heterocycles. The third-order valence-electron chi connectivity index (χ3n) is 15.9. The Morgan fingerprint density at radius 2 is 1.03 bits per heavy atom. The van der Waals surface area contributed by atoms with Gasteiger partial charge in [-0.1, -0.05) is 115 Å². The van der Waals surface area contributed by atoms with Crippen LogP contribution >= 0.6 is 0 Å². The lowest BCUT2D eigenvalue weighted by molar-refractivity contribution is -0.166. The summed E-state index contributed by atoms with van der Waals surface area (Å²) in [4.78, 5) is 19.9. The summed E-state index contributed by atoms with van der Waals surface area (Å²) in [5.74, 6) is 0.773. The third-order valence-corrected chi connectivity index (χ3v) is 15.9. The SMILES string of the molecule is Cc1ccc2c(n1)oc1c(-c3cc(-c4ccccc4)c(CCC45CC6CC(CCc7ccc(-c8ccccc8)nc7)(CC(CCc7ccc(-c8ccccc8)nc7)(C6)C4)C5)cn3)cccc12. The van der Waals surface area contributed by atoms with Gasteiger partial charge in [-0.25, -0.2) is 4.98 Å². The van der Waals surface area contributed by atoms with Gasteiger partial charge in [-0.15, -0.1) is 0 Å². The standard InChI is InChI=1S/C61H56N4O/c1-42-20-23-51-50-18-11-19-52(57(50)66-58(51)65-42)56-32-53(46-12-5-2-6-13-46)49(38-64-56)28-31-61-35-45-33-59(40-61,29-26-43-21-24-54(62-36-43)47-14-7-3-8-15-47)39-60(34-45,41-61)30-27-44-22-25-55(63-37-44)48-16-9-4-10-17-48/h2-25,32,36-38,45H,26-31,33-35,39-41H2,1H3. The van der Waals surface area contributed by atoms with Crippen LogP contribution < -0.4 is 0 Å². The maximum atomic E-state index is 6.48. The van der Waals surface area contributed by atoms with Crippen LogP contribution in [0, 0.1) is 29.1 Å². The molecule has 0 saturated heterocycles. The zero-order chi connectivity index (χ0) is 44.1. The minimum Gasteiger partial charge on any atom is -0.437 e. The largest absolute Gasteiger partial charge is 0.437 e. The van der Waals surface area contributed by atoms with Gasteiger partial charge in [0.2, 0.25) is 5.71 Å². The molecule has 13 rings (SSSR count). The lowest BCUT2D eigenvalue weighted by Crippen LogP contribution is -2.57. The van der Waals surface area contributed by atoms with Gasteiger partial charge in [-0.2, -0.15) is 0 Å². The van der Waals surface area contributed by atoms with E-state index in [-0.39, 0.29) is 0 Å². The predicted molar refractivity (Wildman–Crippen MR) is 268 cm³/mol. The molecular formula is C61H56N4O. The second-order valence-electron chi connectivity index (χ2n) is 20.5. The summed E-state index contributed by atoms with van der Waals surface area (Å²) in [6, 6.07) is 54.1. The van der Waals surface area contributed by atoms with Crippen molar-refractivity contribution >= 4 is 22.1 Å². The van der Waals surface area contributed by atoms with E-state index >= 15 is 0 Å². The molecule has 0 spiro atoms. The second-order valence-corrected chi connectivity index (χ2v) is 20.5. The number of pyridine rings is 4. The second kappa shape index (κ2) is 16.6. The number of para-hydroxylation sites is 1. The lowest BCUT2D eigenvalue weighted by Gasteiger charge is -2.67. The van der Waals surface area contributed by atoms with Gasteiger partial charge >= 0.3 is 0 Å². The minimum absolute atomic E-state index is 0.307. The molecule has 2 unspecified atom stereocenters. The summed E-state index contributed by atoms with van der Waals surface area (Å²) < 4.78 is 6.48. The number of nitrogens with zero attached hydrogens (tertiary/aromatic N) is 4. The monoisotopic (exact) mass is 860 g/mol. The molecule has 2 atom stereocenters. The van der Waals surface area contributed by atoms with Gasteiger partial charge in [0.25, 0.3) is 0 Å². The molecule has 4 aliphatic carbocycles. The molecule has 0 amide bonds. The Bertz CT molecular complexity index is 3060. The molecule has 0 N–H and O–H groups in total. The number of hydrogen-bond acceptors (Lipinski definition) is 5. The first-order chi connectivity index (χ1) is 32.4. The van der Waals surface area contributed by atoms with Crippen molar-refractivity contribution in [3.05, 3.63) is 193 Å². The number of aromatic nitrogens is 4. The summed E-state index contributed by atoms with van der Waals surface area (Å²) >= 11 is 0. The molecule has 9 aromatic rings. The molecule has 4 fully saturated rings. The van der Waals surface area contributed by atoms with Crippen LogP contribution in [0.3, 0.4) is 0 Å². The summed E-state index contributed by atoms with van der Waals surface area (Å²) in [6.07, 6.45) is 21.4. The van der Waals surface area contributed by atoms with Crippen LogP contribution in [0.1, 0.15) is 80.2 Å². The van der Waals surface area contributed by atoms with E-state index in [4.69, 9.17) is 24.4 Å². The summed E-state index contributed by atoms with van der Waals surface area (Å²) in [5, 5.41) is 2.12. The maximum absolute atomic E-state index is 6.48. The molecule has 0 radical (unpaired) electrons. The van der Waals surface area contributed by atoms with E-state index in [1.54, 1.807) is 0 Å². The van der Waals surface area contributed by atoms with Crippen molar-refractivity contribution in [3.8, 4) is 44.9 Å². The van der Waals surface area contributed by atoms with E-state index in [9.17, 15) is 0 Å². The highest BCUT2D eigenvalue weighted by Gasteiger charge is 2.62. The van der Waals surface area contributed by atoms with E-state index in [1.165, 1.54) is 96.7 Å². The van der Waals surface area contributed by atoms with Gasteiger partial charge in [-0.05, 0) is 170 Å². The van der Waals surface area contributed by atoms with E-state index in [0.717, 1.165) is 69.9 Å². The van der Waals surface area contributed by atoms with Gasteiger partial charge in [0, 0.05) is 51.7 Å². The van der Waals surface area contributed by atoms with Crippen molar-refractivity contribution in [1.29, 1.82) is 0 Å². The van der Waals surface area contributed by atoms with Crippen LogP contribution in [-0.4, -0.2) is 19.9 Å². The Hall–Kier alpha value is -6.72. The summed E-state index contributed by atoms with van der Waals surface area (Å²) in [7, 11) is 0. The smallest absolute Gasteiger partial charge is 0.227 e. The molecule has 5 nitrogen and oxygen atoms in total. The van der Waals surface area contributed by atoms with E-state index in [1.807, 2.05) is 6.92 Å². The molecule has 4 aromatic carbocycles. The highest BCUT2D eigenvalue weighted by Crippen LogP contribution is 2.73. The van der Waals surface area contributed by atoms with Gasteiger partial charge in [-0.3, -0.25) is 15.0 Å². The topological polar surface area (TPSA) is 64.7 Å².